The molecule has 1 N–H and O–H groups in total. The molecule has 0 aromatic heterocycles. The normalized spacial score (nSPS) is 20.2. The molecule has 0 aromatic rings. The monoisotopic (exact) mass is 253 g/mol. The second-order valence-corrected chi connectivity index (χ2v) is 5.38. The van der Waals surface area contributed by atoms with Crippen LogP contribution in [0.3, 0.4) is 0 Å². The number of likely N-dealkylation sites (N-methyl/N-ethyl adjacent to an activating group) is 1. The number of rotatable bonds is 3. The number of hydrogen-bond acceptors (Lipinski definition) is 2. The van der Waals surface area contributed by atoms with E-state index in [2.05, 4.69) is 5.32 Å². The van der Waals surface area contributed by atoms with E-state index in [4.69, 9.17) is 0 Å². The lowest BCUT2D eigenvalue weighted by Crippen LogP contribution is -2.46. The highest BCUT2D eigenvalue weighted by molar-refractivity contribution is 5.84. The Balaban J connectivity index is 1.76. The summed E-state index contributed by atoms with van der Waals surface area (Å²) in [4.78, 5) is 27.2. The minimum absolute atomic E-state index is 0.0113. The van der Waals surface area contributed by atoms with Crippen LogP contribution in [0.15, 0.2) is 0 Å². The van der Waals surface area contributed by atoms with E-state index in [-0.39, 0.29) is 18.5 Å². The lowest BCUT2D eigenvalue weighted by molar-refractivity contribution is -0.121. The van der Waals surface area contributed by atoms with E-state index in [0.29, 0.717) is 6.04 Å². The van der Waals surface area contributed by atoms with Crippen LogP contribution < -0.4 is 5.32 Å². The Kier molecular flexibility index (Phi) is 4.44. The first kappa shape index (κ1) is 13.2. The van der Waals surface area contributed by atoms with Crippen molar-refractivity contribution in [3.63, 3.8) is 0 Å². The molecule has 2 rings (SSSR count). The third-order valence-corrected chi connectivity index (χ3v) is 3.53. The molecule has 0 spiro atoms. The Labute approximate surface area is 108 Å². The fourth-order valence-electron chi connectivity index (χ4n) is 2.29. The van der Waals surface area contributed by atoms with Gasteiger partial charge in [-0.15, -0.1) is 0 Å². The van der Waals surface area contributed by atoms with E-state index in [0.717, 1.165) is 38.8 Å². The summed E-state index contributed by atoms with van der Waals surface area (Å²) >= 11 is 0. The molecule has 0 radical (unpaired) electrons. The first-order chi connectivity index (χ1) is 8.66. The molecule has 1 saturated heterocycles. The van der Waals surface area contributed by atoms with Gasteiger partial charge in [-0.2, -0.15) is 0 Å². The van der Waals surface area contributed by atoms with Crippen LogP contribution in [0.2, 0.25) is 0 Å². The van der Waals surface area contributed by atoms with E-state index in [1.165, 1.54) is 17.7 Å². The minimum Gasteiger partial charge on any atom is -0.352 e. The number of nitrogens with zero attached hydrogens (tertiary/aromatic N) is 2. The molecule has 5 nitrogen and oxygen atoms in total. The molecule has 1 aliphatic heterocycles. The van der Waals surface area contributed by atoms with Gasteiger partial charge in [0.2, 0.25) is 5.91 Å². The molecule has 0 bridgehead atoms. The third-order valence-electron chi connectivity index (χ3n) is 3.53. The van der Waals surface area contributed by atoms with Crippen LogP contribution in [0.1, 0.15) is 38.5 Å². The second-order valence-electron chi connectivity index (χ2n) is 5.38. The Morgan fingerprint density at radius 3 is 2.33 bits per heavy atom. The van der Waals surface area contributed by atoms with Crippen LogP contribution in [0.5, 0.6) is 0 Å². The number of nitrogens with one attached hydrogen (secondary N) is 1. The largest absolute Gasteiger partial charge is 0.352 e. The molecule has 2 fully saturated rings. The average molecular weight is 253 g/mol. The second kappa shape index (κ2) is 6.07. The van der Waals surface area contributed by atoms with Crippen LogP contribution in [0.4, 0.5) is 4.79 Å². The SMILES string of the molecule is CN(CC(=O)NC1CC1)C(=O)N1CCCCCC1. The molecular formula is C13H23N3O2. The van der Waals surface area contributed by atoms with E-state index in [1.807, 2.05) is 4.90 Å². The Morgan fingerprint density at radius 2 is 1.78 bits per heavy atom. The van der Waals surface area contributed by atoms with E-state index in [9.17, 15) is 9.59 Å². The van der Waals surface area contributed by atoms with Crippen molar-refractivity contribution in [3.05, 3.63) is 0 Å². The van der Waals surface area contributed by atoms with Crippen LogP contribution >= 0.6 is 0 Å². The molecule has 0 atom stereocenters. The molecule has 18 heavy (non-hydrogen) atoms. The van der Waals surface area contributed by atoms with Crippen LogP contribution in [-0.2, 0) is 4.79 Å². The van der Waals surface area contributed by atoms with Crippen molar-refractivity contribution in [1.29, 1.82) is 0 Å². The standard InChI is InChI=1S/C13H23N3O2/c1-15(10-12(17)14-11-6-7-11)13(18)16-8-4-2-3-5-9-16/h11H,2-10H2,1H3,(H,14,17). The van der Waals surface area contributed by atoms with Gasteiger partial charge < -0.3 is 15.1 Å². The van der Waals surface area contributed by atoms with Gasteiger partial charge >= 0.3 is 6.03 Å². The molecule has 0 unspecified atom stereocenters. The molecule has 1 heterocycles. The first-order valence-electron chi connectivity index (χ1n) is 6.96. The first-order valence-corrected chi connectivity index (χ1v) is 6.96. The van der Waals surface area contributed by atoms with Gasteiger partial charge in [0.05, 0.1) is 0 Å². The minimum atomic E-state index is -0.0387. The smallest absolute Gasteiger partial charge is 0.320 e. The van der Waals surface area contributed by atoms with Gasteiger partial charge in [0.25, 0.3) is 0 Å². The van der Waals surface area contributed by atoms with Crippen molar-refractivity contribution in [2.24, 2.45) is 0 Å². The Morgan fingerprint density at radius 1 is 1.17 bits per heavy atom. The average Bonchev–Trinajstić information content (AvgIpc) is 3.13. The van der Waals surface area contributed by atoms with Gasteiger partial charge in [0.15, 0.2) is 0 Å². The molecule has 0 aromatic carbocycles. The van der Waals surface area contributed by atoms with Crippen molar-refractivity contribution in [2.45, 2.75) is 44.6 Å². The number of urea groups is 1. The summed E-state index contributed by atoms with van der Waals surface area (Å²) < 4.78 is 0. The van der Waals surface area contributed by atoms with Crippen molar-refractivity contribution in [1.82, 2.24) is 15.1 Å². The summed E-state index contributed by atoms with van der Waals surface area (Å²) in [7, 11) is 1.71. The quantitative estimate of drug-likeness (QED) is 0.821. The highest BCUT2D eigenvalue weighted by Gasteiger charge is 2.25. The van der Waals surface area contributed by atoms with E-state index < -0.39 is 0 Å². The zero-order chi connectivity index (χ0) is 13.0. The van der Waals surface area contributed by atoms with E-state index in [1.54, 1.807) is 7.05 Å². The number of likely N-dealkylation sites (tertiary alicyclic amines) is 1. The van der Waals surface area contributed by atoms with Crippen LogP contribution in [0.25, 0.3) is 0 Å². The van der Waals surface area contributed by atoms with Gasteiger partial charge in [0.1, 0.15) is 6.54 Å². The molecule has 2 aliphatic rings. The van der Waals surface area contributed by atoms with Gasteiger partial charge in [-0.3, -0.25) is 4.79 Å². The zero-order valence-electron chi connectivity index (χ0n) is 11.2. The Hall–Kier alpha value is -1.26. The predicted molar refractivity (Wildman–Crippen MR) is 69.2 cm³/mol. The van der Waals surface area contributed by atoms with Crippen LogP contribution in [0, 0.1) is 0 Å². The lowest BCUT2D eigenvalue weighted by atomic mass is 10.2. The summed E-state index contributed by atoms with van der Waals surface area (Å²) in [6.45, 7) is 1.83. The van der Waals surface area contributed by atoms with Crippen LogP contribution in [-0.4, -0.2) is 54.5 Å². The summed E-state index contributed by atoms with van der Waals surface area (Å²) in [5, 5.41) is 2.90. The predicted octanol–water partition coefficient (Wildman–Crippen LogP) is 1.19. The highest BCUT2D eigenvalue weighted by atomic mass is 16.2. The number of carbonyl (C=O) groups excluding carboxylic acids is 2. The third kappa shape index (κ3) is 3.89. The van der Waals surface area contributed by atoms with E-state index >= 15 is 0 Å². The zero-order valence-corrected chi connectivity index (χ0v) is 11.2. The fourth-order valence-corrected chi connectivity index (χ4v) is 2.29. The number of carbonyl (C=O) groups is 2. The maximum absolute atomic E-state index is 12.2. The topological polar surface area (TPSA) is 52.7 Å². The lowest BCUT2D eigenvalue weighted by Gasteiger charge is -2.26. The van der Waals surface area contributed by atoms with Gasteiger partial charge in [-0.05, 0) is 25.7 Å². The summed E-state index contributed by atoms with van der Waals surface area (Å²) in [6, 6.07) is 0.349. The molecule has 102 valence electrons. The van der Waals surface area contributed by atoms with Gasteiger partial charge in [-0.1, -0.05) is 12.8 Å². The van der Waals surface area contributed by atoms with Crippen molar-refractivity contribution < 1.29 is 9.59 Å². The summed E-state index contributed by atoms with van der Waals surface area (Å²) in [5.41, 5.74) is 0. The molecule has 1 saturated carbocycles. The van der Waals surface area contributed by atoms with Gasteiger partial charge in [0, 0.05) is 26.2 Å². The Bertz CT molecular complexity index is 307. The number of hydrogen-bond donors (Lipinski definition) is 1. The fraction of sp³-hybridized carbons (Fsp3) is 0.846. The van der Waals surface area contributed by atoms with Crippen molar-refractivity contribution in [2.75, 3.05) is 26.7 Å². The molecule has 5 heteroatoms. The summed E-state index contributed by atoms with van der Waals surface area (Å²) in [6.07, 6.45) is 6.72. The molecule has 1 aliphatic carbocycles. The molecular weight excluding hydrogens is 230 g/mol. The summed E-state index contributed by atoms with van der Waals surface area (Å²) in [5.74, 6) is -0.0387. The highest BCUT2D eigenvalue weighted by Crippen LogP contribution is 2.18. The van der Waals surface area contributed by atoms with Crippen molar-refractivity contribution in [3.8, 4) is 0 Å². The van der Waals surface area contributed by atoms with Crippen molar-refractivity contribution >= 4 is 11.9 Å². The molecule has 3 amide bonds. The maximum atomic E-state index is 12.2. The van der Waals surface area contributed by atoms with Gasteiger partial charge in [-0.25, -0.2) is 4.79 Å². The number of amides is 3. The maximum Gasteiger partial charge on any atom is 0.320 e.